The molecule has 3 heterocycles. The number of hydrogen-bond acceptors (Lipinski definition) is 3. The maximum atomic E-state index is 14.2. The Morgan fingerprint density at radius 3 is 2.73 bits per heavy atom. The van der Waals surface area contributed by atoms with Crippen LogP contribution >= 0.6 is 0 Å². The maximum Gasteiger partial charge on any atom is 0.274 e. The number of nitrogens with zero attached hydrogens (tertiary/aromatic N) is 3. The summed E-state index contributed by atoms with van der Waals surface area (Å²) in [5.74, 6) is 1.12. The van der Waals surface area contributed by atoms with Crippen LogP contribution in [0, 0.1) is 11.7 Å². The van der Waals surface area contributed by atoms with Gasteiger partial charge in [0.1, 0.15) is 5.82 Å². The first-order chi connectivity index (χ1) is 14.6. The molecule has 0 unspecified atom stereocenters. The number of carbonyl (C=O) groups excluding carboxylic acids is 1. The predicted octanol–water partition coefficient (Wildman–Crippen LogP) is 3.90. The van der Waals surface area contributed by atoms with Gasteiger partial charge in [-0.3, -0.25) is 14.8 Å². The molecule has 1 aromatic heterocycles. The molecule has 3 aliphatic rings. The van der Waals surface area contributed by atoms with E-state index in [9.17, 15) is 9.18 Å². The largest absolute Gasteiger partial charge is 0.337 e. The fourth-order valence-electron chi connectivity index (χ4n) is 5.22. The predicted molar refractivity (Wildman–Crippen MR) is 114 cm³/mol. The van der Waals surface area contributed by atoms with Crippen LogP contribution < -0.4 is 0 Å². The third-order valence-electron chi connectivity index (χ3n) is 7.16. The number of likely N-dealkylation sites (tertiary alicyclic amines) is 1. The highest BCUT2D eigenvalue weighted by Crippen LogP contribution is 2.34. The third kappa shape index (κ3) is 3.78. The summed E-state index contributed by atoms with van der Waals surface area (Å²) in [6.45, 7) is 6.46. The van der Waals surface area contributed by atoms with Gasteiger partial charge >= 0.3 is 0 Å². The van der Waals surface area contributed by atoms with Crippen molar-refractivity contribution in [3.63, 3.8) is 0 Å². The van der Waals surface area contributed by atoms with Crippen molar-refractivity contribution in [2.45, 2.75) is 57.9 Å². The Kier molecular flexibility index (Phi) is 5.35. The van der Waals surface area contributed by atoms with Crippen LogP contribution in [0.1, 0.15) is 71.4 Å². The van der Waals surface area contributed by atoms with E-state index >= 15 is 0 Å². The molecule has 0 atom stereocenters. The maximum absolute atomic E-state index is 14.2. The molecule has 0 bridgehead atoms. The molecule has 2 fully saturated rings. The Balaban J connectivity index is 1.26. The van der Waals surface area contributed by atoms with Crippen molar-refractivity contribution >= 4 is 5.91 Å². The third-order valence-corrected chi connectivity index (χ3v) is 7.16. The number of aromatic nitrogens is 2. The molecule has 2 aromatic rings. The number of aromatic amines is 1. The van der Waals surface area contributed by atoms with Gasteiger partial charge in [0.05, 0.1) is 0 Å². The van der Waals surface area contributed by atoms with Crippen LogP contribution in [-0.4, -0.2) is 52.1 Å². The fourth-order valence-corrected chi connectivity index (χ4v) is 5.22. The van der Waals surface area contributed by atoms with E-state index in [-0.39, 0.29) is 11.7 Å². The van der Waals surface area contributed by atoms with E-state index in [1.807, 2.05) is 17.9 Å². The van der Waals surface area contributed by atoms with Gasteiger partial charge in [-0.05, 0) is 61.1 Å². The molecule has 1 aliphatic carbocycles. The van der Waals surface area contributed by atoms with Crippen molar-refractivity contribution in [2.75, 3.05) is 26.2 Å². The summed E-state index contributed by atoms with van der Waals surface area (Å²) in [5, 5.41) is 7.55. The zero-order chi connectivity index (χ0) is 20.7. The fraction of sp³-hybridized carbons (Fsp3) is 0.583. The second-order valence-electron chi connectivity index (χ2n) is 9.19. The Hall–Kier alpha value is -2.21. The number of amides is 1. The molecule has 5 rings (SSSR count). The number of fused-ring (bicyclic) bond motifs is 1. The highest BCUT2D eigenvalue weighted by atomic mass is 19.1. The molecule has 1 N–H and O–H groups in total. The van der Waals surface area contributed by atoms with E-state index in [0.29, 0.717) is 31.1 Å². The van der Waals surface area contributed by atoms with Gasteiger partial charge in [-0.2, -0.15) is 5.10 Å². The molecule has 1 saturated carbocycles. The summed E-state index contributed by atoms with van der Waals surface area (Å²) < 4.78 is 14.2. The standard InChI is InChI=1S/C24H31FN4O/c1-2-18-19(4-3-5-21(18)25)17-8-12-29(13-9-17)24(30)23-20-15-28(14-16-6-7-16)11-10-22(20)26-27-23/h3-5,16-17H,2,6-15H2,1H3,(H,26,27). The van der Waals surface area contributed by atoms with E-state index < -0.39 is 0 Å². The first kappa shape index (κ1) is 19.7. The van der Waals surface area contributed by atoms with Crippen LogP contribution in [0.4, 0.5) is 4.39 Å². The summed E-state index contributed by atoms with van der Waals surface area (Å²) in [7, 11) is 0. The van der Waals surface area contributed by atoms with Gasteiger partial charge in [-0.25, -0.2) is 4.39 Å². The lowest BCUT2D eigenvalue weighted by Gasteiger charge is -2.33. The smallest absolute Gasteiger partial charge is 0.274 e. The van der Waals surface area contributed by atoms with E-state index in [4.69, 9.17) is 0 Å². The van der Waals surface area contributed by atoms with Crippen LogP contribution in [0.3, 0.4) is 0 Å². The lowest BCUT2D eigenvalue weighted by atomic mass is 9.85. The summed E-state index contributed by atoms with van der Waals surface area (Å²) in [6.07, 6.45) is 6.11. The molecule has 2 aliphatic heterocycles. The van der Waals surface area contributed by atoms with Crippen molar-refractivity contribution in [1.82, 2.24) is 20.0 Å². The highest BCUT2D eigenvalue weighted by molar-refractivity contribution is 5.94. The average Bonchev–Trinajstić information content (AvgIpc) is 3.49. The summed E-state index contributed by atoms with van der Waals surface area (Å²) in [6, 6.07) is 5.42. The van der Waals surface area contributed by atoms with Gasteiger partial charge < -0.3 is 4.90 Å². The first-order valence-electron chi connectivity index (χ1n) is 11.5. The Morgan fingerprint density at radius 1 is 1.20 bits per heavy atom. The van der Waals surface area contributed by atoms with Gasteiger partial charge in [0.25, 0.3) is 5.91 Å². The minimum absolute atomic E-state index is 0.0502. The molecule has 1 amide bonds. The summed E-state index contributed by atoms with van der Waals surface area (Å²) in [4.78, 5) is 17.7. The first-order valence-corrected chi connectivity index (χ1v) is 11.5. The number of rotatable bonds is 5. The lowest BCUT2D eigenvalue weighted by molar-refractivity contribution is 0.0704. The van der Waals surface area contributed by atoms with Crippen LogP contribution in [0.5, 0.6) is 0 Å². The van der Waals surface area contributed by atoms with E-state index in [0.717, 1.165) is 67.2 Å². The number of nitrogens with one attached hydrogen (secondary N) is 1. The van der Waals surface area contributed by atoms with Gasteiger partial charge in [0.2, 0.25) is 0 Å². The van der Waals surface area contributed by atoms with Crippen LogP contribution in [0.2, 0.25) is 0 Å². The van der Waals surface area contributed by atoms with Crippen molar-refractivity contribution in [3.05, 3.63) is 52.1 Å². The zero-order valence-electron chi connectivity index (χ0n) is 17.8. The quantitative estimate of drug-likeness (QED) is 0.813. The normalized spacial score (nSPS) is 20.4. The van der Waals surface area contributed by atoms with Gasteiger partial charge in [0.15, 0.2) is 5.69 Å². The number of piperidine rings is 1. The van der Waals surface area contributed by atoms with Crippen molar-refractivity contribution in [3.8, 4) is 0 Å². The Labute approximate surface area is 177 Å². The molecule has 5 nitrogen and oxygen atoms in total. The average molecular weight is 411 g/mol. The van der Waals surface area contributed by atoms with Crippen molar-refractivity contribution in [1.29, 1.82) is 0 Å². The summed E-state index contributed by atoms with van der Waals surface area (Å²) in [5.41, 5.74) is 4.81. The van der Waals surface area contributed by atoms with Crippen LogP contribution in [-0.2, 0) is 19.4 Å². The molecule has 0 spiro atoms. The number of benzene rings is 1. The minimum atomic E-state index is -0.104. The summed E-state index contributed by atoms with van der Waals surface area (Å²) >= 11 is 0. The van der Waals surface area contributed by atoms with E-state index in [1.54, 1.807) is 6.07 Å². The molecule has 0 radical (unpaired) electrons. The lowest BCUT2D eigenvalue weighted by Crippen LogP contribution is -2.39. The molecular formula is C24H31FN4O. The second-order valence-corrected chi connectivity index (χ2v) is 9.19. The number of halogens is 1. The zero-order valence-corrected chi connectivity index (χ0v) is 17.8. The van der Waals surface area contributed by atoms with E-state index in [2.05, 4.69) is 21.2 Å². The molecular weight excluding hydrogens is 379 g/mol. The highest BCUT2D eigenvalue weighted by Gasteiger charge is 2.32. The Morgan fingerprint density at radius 2 is 2.00 bits per heavy atom. The molecule has 1 saturated heterocycles. The number of H-pyrrole nitrogens is 1. The molecule has 1 aromatic carbocycles. The van der Waals surface area contributed by atoms with Crippen molar-refractivity contribution < 1.29 is 9.18 Å². The number of carbonyl (C=O) groups is 1. The van der Waals surface area contributed by atoms with Gasteiger partial charge in [0, 0.05) is 50.4 Å². The van der Waals surface area contributed by atoms with Crippen molar-refractivity contribution in [2.24, 2.45) is 5.92 Å². The topological polar surface area (TPSA) is 52.2 Å². The van der Waals surface area contributed by atoms with Crippen LogP contribution in [0.15, 0.2) is 18.2 Å². The molecule has 6 heteroatoms. The monoisotopic (exact) mass is 410 g/mol. The van der Waals surface area contributed by atoms with E-state index in [1.165, 1.54) is 12.8 Å². The SMILES string of the molecule is CCc1c(F)cccc1C1CCN(C(=O)c2n[nH]c3c2CN(CC2CC2)CC3)CC1. The molecule has 160 valence electrons. The molecule has 30 heavy (non-hydrogen) atoms. The second kappa shape index (κ2) is 8.14. The Bertz CT molecular complexity index is 927. The minimum Gasteiger partial charge on any atom is -0.337 e. The van der Waals surface area contributed by atoms with Gasteiger partial charge in [-0.1, -0.05) is 19.1 Å². The van der Waals surface area contributed by atoms with Gasteiger partial charge in [-0.15, -0.1) is 0 Å². The number of hydrogen-bond donors (Lipinski definition) is 1. The van der Waals surface area contributed by atoms with Crippen LogP contribution in [0.25, 0.3) is 0 Å².